The molecule has 2 aliphatic rings. The summed E-state index contributed by atoms with van der Waals surface area (Å²) in [6, 6.07) is 14.1. The lowest BCUT2D eigenvalue weighted by molar-refractivity contribution is 0.0340. The summed E-state index contributed by atoms with van der Waals surface area (Å²) in [4.78, 5) is 12.5. The van der Waals surface area contributed by atoms with E-state index in [4.69, 9.17) is 11.6 Å². The number of nitrogens with one attached hydrogen (secondary N) is 1. The molecule has 2 N–H and O–H groups in total. The molecule has 0 spiro atoms. The Morgan fingerprint density at radius 2 is 1.59 bits per heavy atom. The van der Waals surface area contributed by atoms with Gasteiger partial charge in [0.25, 0.3) is 5.91 Å². The molecule has 3 unspecified atom stereocenters. The van der Waals surface area contributed by atoms with Crippen LogP contribution < -0.4 is 5.32 Å². The molecule has 4 atom stereocenters. The van der Waals surface area contributed by atoms with Gasteiger partial charge in [0, 0.05) is 28.9 Å². The number of benzene rings is 3. The Bertz CT molecular complexity index is 1580. The van der Waals surface area contributed by atoms with E-state index in [1.54, 1.807) is 0 Å². The predicted molar refractivity (Wildman–Crippen MR) is 140 cm³/mol. The Balaban J connectivity index is 1.39. The van der Waals surface area contributed by atoms with Gasteiger partial charge >= 0.3 is 0 Å². The predicted octanol–water partition coefficient (Wildman–Crippen LogP) is 5.75. The van der Waals surface area contributed by atoms with Gasteiger partial charge in [0.05, 0.1) is 15.2 Å². The number of sulfone groups is 1. The van der Waals surface area contributed by atoms with Crippen LogP contribution in [0, 0.1) is 41.1 Å². The van der Waals surface area contributed by atoms with E-state index in [9.17, 15) is 31.5 Å². The fraction of sp³-hybridized carbons (Fsp3) is 0.276. The third-order valence-electron chi connectivity index (χ3n) is 7.35. The van der Waals surface area contributed by atoms with Gasteiger partial charge in [-0.05, 0) is 67.9 Å². The highest BCUT2D eigenvalue weighted by Gasteiger charge is 2.54. The number of halogens is 4. The van der Waals surface area contributed by atoms with Crippen LogP contribution >= 0.6 is 11.6 Å². The average Bonchev–Trinajstić information content (AvgIpc) is 3.20. The molecule has 0 radical (unpaired) electrons. The molecule has 2 saturated carbocycles. The second-order valence-electron chi connectivity index (χ2n) is 10.0. The Morgan fingerprint density at radius 3 is 2.21 bits per heavy atom. The van der Waals surface area contributed by atoms with Crippen LogP contribution in [0.25, 0.3) is 0 Å². The SMILES string of the molecule is O=C(Nc1cc(F)c(F)c(F)c1)c1ccc(Cl)c(S(=O)(=O)C2C3CC[C@H]2CC(O)(C#Cc2ccccc2)C3)c1. The largest absolute Gasteiger partial charge is 0.378 e. The van der Waals surface area contributed by atoms with Crippen molar-refractivity contribution < 1.29 is 31.5 Å². The maximum atomic E-state index is 13.8. The lowest BCUT2D eigenvalue weighted by Crippen LogP contribution is -2.45. The molecule has 2 aliphatic carbocycles. The van der Waals surface area contributed by atoms with Crippen LogP contribution in [0.15, 0.2) is 65.6 Å². The van der Waals surface area contributed by atoms with Crippen LogP contribution in [0.5, 0.6) is 0 Å². The van der Waals surface area contributed by atoms with Gasteiger partial charge in [-0.2, -0.15) is 0 Å². The molecular weight excluding hydrogens is 551 g/mol. The number of anilines is 1. The minimum atomic E-state index is -4.03. The number of carbonyl (C=O) groups excluding carboxylic acids is 1. The zero-order chi connectivity index (χ0) is 27.9. The fourth-order valence-corrected chi connectivity index (χ4v) is 8.53. The van der Waals surface area contributed by atoms with E-state index in [0.29, 0.717) is 25.0 Å². The second kappa shape index (κ2) is 10.3. The Labute approximate surface area is 228 Å². The van der Waals surface area contributed by atoms with Crippen molar-refractivity contribution in [2.75, 3.05) is 5.32 Å². The third-order valence-corrected chi connectivity index (χ3v) is 10.2. The second-order valence-corrected chi connectivity index (χ2v) is 12.5. The van der Waals surface area contributed by atoms with Gasteiger partial charge in [0.1, 0.15) is 5.60 Å². The van der Waals surface area contributed by atoms with E-state index in [0.717, 1.165) is 11.6 Å². The molecule has 5 rings (SSSR count). The van der Waals surface area contributed by atoms with Crippen LogP contribution in [0.1, 0.15) is 41.6 Å². The fourth-order valence-electron chi connectivity index (χ4n) is 5.69. The van der Waals surface area contributed by atoms with Crippen LogP contribution in [-0.2, 0) is 9.84 Å². The number of amides is 1. The number of hydrogen-bond donors (Lipinski definition) is 2. The summed E-state index contributed by atoms with van der Waals surface area (Å²) in [7, 11) is -4.03. The minimum Gasteiger partial charge on any atom is -0.378 e. The first kappa shape index (κ1) is 27.3. The minimum absolute atomic E-state index is 0.0745. The normalized spacial score (nSPS) is 24.1. The van der Waals surface area contributed by atoms with Crippen molar-refractivity contribution >= 4 is 33.0 Å². The molecule has 10 heteroatoms. The Kier molecular flexibility index (Phi) is 7.23. The Hall–Kier alpha value is -3.32. The topological polar surface area (TPSA) is 83.5 Å². The first-order valence-corrected chi connectivity index (χ1v) is 14.2. The summed E-state index contributed by atoms with van der Waals surface area (Å²) in [6.45, 7) is 0. The van der Waals surface area contributed by atoms with Gasteiger partial charge in [-0.1, -0.05) is 41.6 Å². The summed E-state index contributed by atoms with van der Waals surface area (Å²) in [5.74, 6) is -0.271. The van der Waals surface area contributed by atoms with E-state index in [1.807, 2.05) is 30.3 Å². The van der Waals surface area contributed by atoms with E-state index in [2.05, 4.69) is 17.2 Å². The van der Waals surface area contributed by atoms with Gasteiger partial charge in [-0.25, -0.2) is 21.6 Å². The lowest BCUT2D eigenvalue weighted by Gasteiger charge is -2.38. The summed E-state index contributed by atoms with van der Waals surface area (Å²) in [5.41, 5.74) is -1.02. The van der Waals surface area contributed by atoms with Crippen molar-refractivity contribution in [2.24, 2.45) is 11.8 Å². The summed E-state index contributed by atoms with van der Waals surface area (Å²) < 4.78 is 68.0. The highest BCUT2D eigenvalue weighted by atomic mass is 35.5. The highest BCUT2D eigenvalue weighted by molar-refractivity contribution is 7.92. The maximum absolute atomic E-state index is 13.8. The summed E-state index contributed by atoms with van der Waals surface area (Å²) in [6.07, 6.45) is 1.58. The molecule has 0 aromatic heterocycles. The van der Waals surface area contributed by atoms with Crippen LogP contribution in [0.2, 0.25) is 5.02 Å². The molecule has 0 heterocycles. The number of aliphatic hydroxyl groups is 1. The Morgan fingerprint density at radius 1 is 0.974 bits per heavy atom. The van der Waals surface area contributed by atoms with E-state index in [1.165, 1.54) is 12.1 Å². The van der Waals surface area contributed by atoms with E-state index in [-0.39, 0.29) is 45.8 Å². The van der Waals surface area contributed by atoms with E-state index >= 15 is 0 Å². The van der Waals surface area contributed by atoms with Gasteiger partial charge in [0.15, 0.2) is 27.3 Å². The van der Waals surface area contributed by atoms with Gasteiger partial charge in [-0.3, -0.25) is 4.79 Å². The monoisotopic (exact) mass is 573 g/mol. The number of carbonyl (C=O) groups is 1. The van der Waals surface area contributed by atoms with Gasteiger partial charge in [-0.15, -0.1) is 0 Å². The van der Waals surface area contributed by atoms with Crippen LogP contribution in [-0.4, -0.2) is 30.3 Å². The smallest absolute Gasteiger partial charge is 0.255 e. The van der Waals surface area contributed by atoms with Crippen LogP contribution in [0.4, 0.5) is 18.9 Å². The molecule has 0 saturated heterocycles. The number of fused-ring (bicyclic) bond motifs is 2. The zero-order valence-corrected chi connectivity index (χ0v) is 22.0. The number of rotatable bonds is 4. The summed E-state index contributed by atoms with van der Waals surface area (Å²) in [5, 5.41) is 12.6. The van der Waals surface area contributed by atoms with Gasteiger partial charge < -0.3 is 10.4 Å². The standard InChI is InChI=1S/C29H23ClF3NO4S/c30-22-9-8-18(28(35)34-21-13-23(31)26(33)24(32)14-21)12-25(22)39(37,38)27-19-6-7-20(27)16-29(36,15-19)11-10-17-4-2-1-3-5-17/h1-5,8-9,12-14,19-20,27,36H,6-7,15-16H2,(H,34,35)/t19-,20?,27?,29?/m0/s1. The molecule has 5 nitrogen and oxygen atoms in total. The van der Waals surface area contributed by atoms with Gasteiger partial charge in [0.2, 0.25) is 0 Å². The lowest BCUT2D eigenvalue weighted by atomic mass is 9.77. The van der Waals surface area contributed by atoms with Crippen molar-refractivity contribution in [1.29, 1.82) is 0 Å². The molecular formula is C29H23ClF3NO4S. The molecule has 2 fully saturated rings. The average molecular weight is 574 g/mol. The third kappa shape index (κ3) is 5.42. The first-order valence-electron chi connectivity index (χ1n) is 12.3. The molecule has 2 bridgehead atoms. The maximum Gasteiger partial charge on any atom is 0.255 e. The van der Waals surface area contributed by atoms with Crippen LogP contribution in [0.3, 0.4) is 0 Å². The van der Waals surface area contributed by atoms with Crippen molar-refractivity contribution in [1.82, 2.24) is 0 Å². The highest BCUT2D eigenvalue weighted by Crippen LogP contribution is 2.51. The quantitative estimate of drug-likeness (QED) is 0.307. The van der Waals surface area contributed by atoms with Crippen molar-refractivity contribution in [3.63, 3.8) is 0 Å². The van der Waals surface area contributed by atoms with Crippen molar-refractivity contribution in [2.45, 2.75) is 41.4 Å². The van der Waals surface area contributed by atoms with Crippen molar-refractivity contribution in [3.8, 4) is 11.8 Å². The molecule has 3 aromatic carbocycles. The molecule has 39 heavy (non-hydrogen) atoms. The first-order chi connectivity index (χ1) is 18.5. The molecule has 0 aliphatic heterocycles. The zero-order valence-electron chi connectivity index (χ0n) is 20.4. The molecule has 3 aromatic rings. The number of hydrogen-bond acceptors (Lipinski definition) is 4. The summed E-state index contributed by atoms with van der Waals surface area (Å²) >= 11 is 6.29. The van der Waals surface area contributed by atoms with E-state index < -0.39 is 44.0 Å². The molecule has 1 amide bonds. The van der Waals surface area contributed by atoms with Crippen molar-refractivity contribution in [3.05, 3.63) is 94.3 Å². The molecule has 202 valence electrons.